The van der Waals surface area contributed by atoms with E-state index >= 15 is 0 Å². The Morgan fingerprint density at radius 3 is 2.33 bits per heavy atom. The molecule has 0 heterocycles. The van der Waals surface area contributed by atoms with Gasteiger partial charge in [-0.3, -0.25) is 4.55 Å². The summed E-state index contributed by atoms with van der Waals surface area (Å²) in [5.41, 5.74) is 0. The lowest BCUT2D eigenvalue weighted by Gasteiger charge is -1.98. The van der Waals surface area contributed by atoms with Crippen LogP contribution in [-0.4, -0.2) is 18.1 Å². The minimum absolute atomic E-state index is 0.231. The number of benzene rings is 1. The van der Waals surface area contributed by atoms with E-state index in [1.807, 2.05) is 0 Å². The number of rotatable bonds is 1. The summed E-state index contributed by atoms with van der Waals surface area (Å²) in [6.07, 6.45) is 0. The van der Waals surface area contributed by atoms with E-state index in [-0.39, 0.29) is 10.6 Å². The highest BCUT2D eigenvalue weighted by Gasteiger charge is 2.10. The molecule has 1 aromatic carbocycles. The van der Waals surface area contributed by atoms with Gasteiger partial charge >= 0.3 is 0 Å². The molecule has 0 aliphatic heterocycles. The third-order valence-electron chi connectivity index (χ3n) is 1.22. The summed E-state index contributed by atoms with van der Waals surface area (Å²) in [4.78, 5) is -0.330. The van der Waals surface area contributed by atoms with Crippen LogP contribution in [0, 0.1) is 0 Å². The van der Waals surface area contributed by atoms with Gasteiger partial charge < -0.3 is 5.11 Å². The lowest BCUT2D eigenvalue weighted by atomic mass is 10.3. The predicted molar refractivity (Wildman–Crippen MR) is 45.6 cm³/mol. The first-order valence-electron chi connectivity index (χ1n) is 2.87. The van der Waals surface area contributed by atoms with Crippen molar-refractivity contribution in [2.24, 2.45) is 0 Å². The Labute approximate surface area is 77.7 Å². The number of phenolic OH excluding ortho intramolecular Hbond substituents is 1. The van der Waals surface area contributed by atoms with Crippen molar-refractivity contribution in [3.05, 3.63) is 22.7 Å². The molecule has 0 aliphatic rings. The minimum Gasteiger partial charge on any atom is -0.507 e. The molecule has 4 nitrogen and oxygen atoms in total. The maximum Gasteiger partial charge on any atom is 0.294 e. The smallest absolute Gasteiger partial charge is 0.294 e. The number of phenols is 1. The molecule has 0 atom stereocenters. The summed E-state index contributed by atoms with van der Waals surface area (Å²) in [5, 5.41) is 9.04. The monoisotopic (exact) mass is 252 g/mol. The highest BCUT2D eigenvalue weighted by atomic mass is 79.9. The Hall–Kier alpha value is -0.590. The number of aromatic hydroxyl groups is 1. The molecule has 6 heteroatoms. The van der Waals surface area contributed by atoms with Crippen molar-refractivity contribution in [2.45, 2.75) is 4.90 Å². The maximum absolute atomic E-state index is 10.5. The van der Waals surface area contributed by atoms with Crippen LogP contribution in [0.15, 0.2) is 27.6 Å². The van der Waals surface area contributed by atoms with E-state index in [1.165, 1.54) is 12.1 Å². The van der Waals surface area contributed by atoms with E-state index in [4.69, 9.17) is 9.66 Å². The first-order valence-corrected chi connectivity index (χ1v) is 5.10. The van der Waals surface area contributed by atoms with Crippen LogP contribution in [0.25, 0.3) is 0 Å². The molecule has 12 heavy (non-hydrogen) atoms. The average Bonchev–Trinajstić information content (AvgIpc) is 1.92. The van der Waals surface area contributed by atoms with E-state index in [2.05, 4.69) is 15.9 Å². The van der Waals surface area contributed by atoms with Crippen molar-refractivity contribution in [1.82, 2.24) is 0 Å². The van der Waals surface area contributed by atoms with Gasteiger partial charge in [-0.2, -0.15) is 8.42 Å². The first kappa shape index (κ1) is 9.50. The lowest BCUT2D eigenvalue weighted by Crippen LogP contribution is -1.97. The summed E-state index contributed by atoms with van der Waals surface area (Å²) in [6, 6.07) is 3.47. The molecule has 0 saturated carbocycles. The molecule has 1 rings (SSSR count). The molecule has 0 aromatic heterocycles. The van der Waals surface area contributed by atoms with Crippen LogP contribution in [0.1, 0.15) is 0 Å². The van der Waals surface area contributed by atoms with Crippen LogP contribution in [0.3, 0.4) is 0 Å². The van der Waals surface area contributed by atoms with Crippen LogP contribution in [0.4, 0.5) is 0 Å². The standard InChI is InChI=1S/C6H5BrO4S/c7-5-2-1-4(3-6(5)8)12(9,10)11/h1-3,8H,(H,9,10,11). The summed E-state index contributed by atoms with van der Waals surface area (Å²) in [7, 11) is -4.22. The molecular weight excluding hydrogens is 248 g/mol. The maximum atomic E-state index is 10.5. The van der Waals surface area contributed by atoms with E-state index in [9.17, 15) is 8.42 Å². The quantitative estimate of drug-likeness (QED) is 0.742. The number of halogens is 1. The third kappa shape index (κ3) is 1.96. The zero-order chi connectivity index (χ0) is 9.35. The molecule has 0 spiro atoms. The number of hydrogen-bond donors (Lipinski definition) is 2. The summed E-state index contributed by atoms with van der Waals surface area (Å²) < 4.78 is 30.0. The van der Waals surface area contributed by atoms with Gasteiger partial charge in [0.1, 0.15) is 5.75 Å². The zero-order valence-corrected chi connectivity index (χ0v) is 8.13. The lowest BCUT2D eigenvalue weighted by molar-refractivity contribution is 0.463. The third-order valence-corrected chi connectivity index (χ3v) is 2.74. The largest absolute Gasteiger partial charge is 0.507 e. The zero-order valence-electron chi connectivity index (χ0n) is 5.73. The highest BCUT2D eigenvalue weighted by molar-refractivity contribution is 9.10. The van der Waals surface area contributed by atoms with Crippen LogP contribution in [-0.2, 0) is 10.1 Å². The topological polar surface area (TPSA) is 74.6 Å². The van der Waals surface area contributed by atoms with Crippen LogP contribution < -0.4 is 0 Å². The Morgan fingerprint density at radius 1 is 1.33 bits per heavy atom. The second-order valence-electron chi connectivity index (χ2n) is 2.09. The van der Waals surface area contributed by atoms with E-state index in [0.29, 0.717) is 4.47 Å². The predicted octanol–water partition coefficient (Wildman–Crippen LogP) is 1.40. The fourth-order valence-electron chi connectivity index (χ4n) is 0.653. The normalized spacial score (nSPS) is 11.5. The van der Waals surface area contributed by atoms with Gasteiger partial charge in [-0.1, -0.05) is 0 Å². The first-order chi connectivity index (χ1) is 5.41. The molecule has 0 radical (unpaired) electrons. The Morgan fingerprint density at radius 2 is 1.92 bits per heavy atom. The van der Waals surface area contributed by atoms with Gasteiger partial charge in [-0.05, 0) is 28.1 Å². The van der Waals surface area contributed by atoms with Gasteiger partial charge in [0.05, 0.1) is 9.37 Å². The van der Waals surface area contributed by atoms with Gasteiger partial charge in [0.2, 0.25) is 0 Å². The summed E-state index contributed by atoms with van der Waals surface area (Å²) in [6.45, 7) is 0. The second kappa shape index (κ2) is 3.04. The van der Waals surface area contributed by atoms with Gasteiger partial charge in [-0.15, -0.1) is 0 Å². The van der Waals surface area contributed by atoms with Crippen molar-refractivity contribution in [3.63, 3.8) is 0 Å². The second-order valence-corrected chi connectivity index (χ2v) is 4.36. The molecule has 2 N–H and O–H groups in total. The minimum atomic E-state index is -4.22. The molecule has 0 aliphatic carbocycles. The SMILES string of the molecule is O=S(=O)(O)c1ccc(Br)c(O)c1. The van der Waals surface area contributed by atoms with Crippen molar-refractivity contribution in [3.8, 4) is 5.75 Å². The van der Waals surface area contributed by atoms with Crippen LogP contribution >= 0.6 is 15.9 Å². The van der Waals surface area contributed by atoms with Gasteiger partial charge in [0.15, 0.2) is 0 Å². The molecule has 0 fully saturated rings. The summed E-state index contributed by atoms with van der Waals surface area (Å²) >= 11 is 2.97. The Balaban J connectivity index is 3.33. The molecule has 0 unspecified atom stereocenters. The molecule has 0 saturated heterocycles. The Kier molecular flexibility index (Phi) is 2.41. The van der Waals surface area contributed by atoms with Gasteiger partial charge in [0.25, 0.3) is 10.1 Å². The van der Waals surface area contributed by atoms with Crippen LogP contribution in [0.2, 0.25) is 0 Å². The van der Waals surface area contributed by atoms with Crippen molar-refractivity contribution in [2.75, 3.05) is 0 Å². The Bertz CT molecular complexity index is 398. The molecule has 0 bridgehead atoms. The van der Waals surface area contributed by atoms with E-state index < -0.39 is 10.1 Å². The fraction of sp³-hybridized carbons (Fsp3) is 0. The van der Waals surface area contributed by atoms with Crippen molar-refractivity contribution in [1.29, 1.82) is 0 Å². The highest BCUT2D eigenvalue weighted by Crippen LogP contribution is 2.25. The van der Waals surface area contributed by atoms with Crippen molar-refractivity contribution >= 4 is 26.0 Å². The molecule has 1 aromatic rings. The molecular formula is C6H5BrO4S. The fourth-order valence-corrected chi connectivity index (χ4v) is 1.40. The number of hydrogen-bond acceptors (Lipinski definition) is 3. The van der Waals surface area contributed by atoms with E-state index in [1.54, 1.807) is 0 Å². The van der Waals surface area contributed by atoms with Gasteiger partial charge in [0, 0.05) is 6.07 Å². The van der Waals surface area contributed by atoms with Crippen LogP contribution in [0.5, 0.6) is 5.75 Å². The molecule has 0 amide bonds. The molecule has 66 valence electrons. The van der Waals surface area contributed by atoms with Gasteiger partial charge in [-0.25, -0.2) is 0 Å². The van der Waals surface area contributed by atoms with E-state index in [0.717, 1.165) is 6.07 Å². The summed E-state index contributed by atoms with van der Waals surface area (Å²) in [5.74, 6) is -0.231. The van der Waals surface area contributed by atoms with Crippen molar-refractivity contribution < 1.29 is 18.1 Å². The average molecular weight is 253 g/mol.